The maximum absolute atomic E-state index is 11.6. The second-order valence-corrected chi connectivity index (χ2v) is 5.65. The van der Waals surface area contributed by atoms with Gasteiger partial charge in [-0.05, 0) is 38.5 Å². The molecule has 0 unspecified atom stereocenters. The van der Waals surface area contributed by atoms with Gasteiger partial charge in [-0.3, -0.25) is 4.79 Å². The average Bonchev–Trinajstić information content (AvgIpc) is 2.55. The Balaban J connectivity index is 1.91. The summed E-state index contributed by atoms with van der Waals surface area (Å²) in [6.07, 6.45) is 9.83. The van der Waals surface area contributed by atoms with Crippen LogP contribution >= 0.6 is 0 Å². The van der Waals surface area contributed by atoms with Crippen LogP contribution in [0.25, 0.3) is 0 Å². The Labute approximate surface area is 120 Å². The Bertz CT molecular complexity index is 429. The van der Waals surface area contributed by atoms with Crippen LogP contribution in [-0.2, 0) is 0 Å². The van der Waals surface area contributed by atoms with Gasteiger partial charge in [0.25, 0.3) is 0 Å². The second-order valence-electron chi connectivity index (χ2n) is 5.65. The minimum atomic E-state index is 0.677. The Morgan fingerprint density at radius 2 is 1.25 bits per heavy atom. The van der Waals surface area contributed by atoms with Gasteiger partial charge in [-0.2, -0.15) is 0 Å². The van der Waals surface area contributed by atoms with Crippen molar-refractivity contribution in [3.8, 4) is 0 Å². The van der Waals surface area contributed by atoms with Crippen molar-refractivity contribution in [1.82, 2.24) is 9.97 Å². The van der Waals surface area contributed by atoms with Crippen molar-refractivity contribution in [2.24, 2.45) is 0 Å². The molecule has 0 aromatic carbocycles. The number of nitrogens with zero attached hydrogens (tertiary/aromatic N) is 4. The van der Waals surface area contributed by atoms with E-state index >= 15 is 0 Å². The minimum Gasteiger partial charge on any atom is -0.356 e. The molecule has 0 saturated carbocycles. The zero-order valence-corrected chi connectivity index (χ0v) is 11.9. The van der Waals surface area contributed by atoms with E-state index in [1.165, 1.54) is 38.5 Å². The summed E-state index contributed by atoms with van der Waals surface area (Å²) in [5.74, 6) is 1.66. The molecule has 3 rings (SSSR count). The lowest BCUT2D eigenvalue weighted by atomic mass is 10.1. The predicted molar refractivity (Wildman–Crippen MR) is 79.5 cm³/mol. The van der Waals surface area contributed by atoms with Gasteiger partial charge in [0.1, 0.15) is 18.0 Å². The number of aldehydes is 1. The minimum absolute atomic E-state index is 0.677. The first-order valence-corrected chi connectivity index (χ1v) is 7.70. The molecule has 2 fully saturated rings. The average molecular weight is 274 g/mol. The first-order chi connectivity index (χ1) is 9.90. The van der Waals surface area contributed by atoms with E-state index in [4.69, 9.17) is 0 Å². The van der Waals surface area contributed by atoms with E-state index in [-0.39, 0.29) is 0 Å². The van der Waals surface area contributed by atoms with Crippen LogP contribution in [0, 0.1) is 0 Å². The van der Waals surface area contributed by atoms with Gasteiger partial charge >= 0.3 is 0 Å². The molecule has 0 N–H and O–H groups in total. The summed E-state index contributed by atoms with van der Waals surface area (Å²) >= 11 is 0. The van der Waals surface area contributed by atoms with Gasteiger partial charge in [-0.1, -0.05) is 0 Å². The topological polar surface area (TPSA) is 49.3 Å². The van der Waals surface area contributed by atoms with Crippen LogP contribution in [0.2, 0.25) is 0 Å². The normalized spacial score (nSPS) is 20.0. The Morgan fingerprint density at radius 1 is 0.800 bits per heavy atom. The zero-order chi connectivity index (χ0) is 13.8. The summed E-state index contributed by atoms with van der Waals surface area (Å²) in [6.45, 7) is 3.99. The molecule has 0 aliphatic carbocycles. The molecule has 5 heteroatoms. The number of carbonyl (C=O) groups excluding carboxylic acids is 1. The van der Waals surface area contributed by atoms with Crippen LogP contribution in [0.3, 0.4) is 0 Å². The number of rotatable bonds is 3. The first-order valence-electron chi connectivity index (χ1n) is 7.70. The van der Waals surface area contributed by atoms with Crippen molar-refractivity contribution in [3.05, 3.63) is 11.9 Å². The van der Waals surface area contributed by atoms with E-state index in [9.17, 15) is 4.79 Å². The molecule has 0 amide bonds. The van der Waals surface area contributed by atoms with E-state index in [2.05, 4.69) is 19.8 Å². The molecule has 1 aromatic heterocycles. The maximum atomic E-state index is 11.6. The third kappa shape index (κ3) is 2.62. The van der Waals surface area contributed by atoms with Crippen LogP contribution in [0.4, 0.5) is 11.6 Å². The highest BCUT2D eigenvalue weighted by atomic mass is 16.1. The van der Waals surface area contributed by atoms with E-state index in [0.717, 1.165) is 44.1 Å². The van der Waals surface area contributed by atoms with Crippen LogP contribution < -0.4 is 9.80 Å². The van der Waals surface area contributed by atoms with Gasteiger partial charge in [-0.15, -0.1) is 0 Å². The maximum Gasteiger partial charge on any atom is 0.157 e. The van der Waals surface area contributed by atoms with E-state index in [1.807, 2.05) is 0 Å². The molecule has 2 saturated heterocycles. The standard InChI is InChI=1S/C15H22N4O/c20-11-13-14(18-7-3-1-4-8-18)16-12-17-15(13)19-9-5-2-6-10-19/h11-12H,1-10H2. The number of piperidine rings is 2. The summed E-state index contributed by atoms with van der Waals surface area (Å²) in [6, 6.07) is 0. The van der Waals surface area contributed by atoms with Crippen LogP contribution in [0.15, 0.2) is 6.33 Å². The van der Waals surface area contributed by atoms with Gasteiger partial charge in [0.2, 0.25) is 0 Å². The molecule has 1 aromatic rings. The fourth-order valence-electron chi connectivity index (χ4n) is 3.20. The number of hydrogen-bond acceptors (Lipinski definition) is 5. The largest absolute Gasteiger partial charge is 0.356 e. The monoisotopic (exact) mass is 274 g/mol. The summed E-state index contributed by atoms with van der Waals surface area (Å²) < 4.78 is 0. The van der Waals surface area contributed by atoms with Gasteiger partial charge in [0.15, 0.2) is 6.29 Å². The van der Waals surface area contributed by atoms with E-state index < -0.39 is 0 Å². The highest BCUT2D eigenvalue weighted by Gasteiger charge is 2.22. The SMILES string of the molecule is O=Cc1c(N2CCCCC2)ncnc1N1CCCCC1. The fourth-order valence-corrected chi connectivity index (χ4v) is 3.20. The predicted octanol–water partition coefficient (Wildman–Crippen LogP) is 2.27. The number of hydrogen-bond donors (Lipinski definition) is 0. The Morgan fingerprint density at radius 3 is 1.65 bits per heavy atom. The van der Waals surface area contributed by atoms with Crippen LogP contribution in [0.1, 0.15) is 48.9 Å². The van der Waals surface area contributed by atoms with E-state index in [1.54, 1.807) is 6.33 Å². The van der Waals surface area contributed by atoms with Crippen LogP contribution in [0.5, 0.6) is 0 Å². The third-order valence-corrected chi connectivity index (χ3v) is 4.27. The summed E-state index contributed by atoms with van der Waals surface area (Å²) in [5, 5.41) is 0. The molecule has 2 aliphatic rings. The van der Waals surface area contributed by atoms with Gasteiger partial charge in [0, 0.05) is 26.2 Å². The lowest BCUT2D eigenvalue weighted by Gasteiger charge is -2.32. The first kappa shape index (κ1) is 13.3. The molecular formula is C15H22N4O. The smallest absolute Gasteiger partial charge is 0.157 e. The lowest BCUT2D eigenvalue weighted by molar-refractivity contribution is 0.112. The second kappa shape index (κ2) is 6.20. The van der Waals surface area contributed by atoms with Crippen LogP contribution in [-0.4, -0.2) is 42.4 Å². The molecule has 0 bridgehead atoms. The summed E-state index contributed by atoms with van der Waals surface area (Å²) in [4.78, 5) is 24.8. The van der Waals surface area contributed by atoms with Gasteiger partial charge < -0.3 is 9.80 Å². The Hall–Kier alpha value is -1.65. The Kier molecular flexibility index (Phi) is 4.14. The van der Waals surface area contributed by atoms with Crippen molar-refractivity contribution >= 4 is 17.9 Å². The van der Waals surface area contributed by atoms with E-state index in [0.29, 0.717) is 5.56 Å². The highest BCUT2D eigenvalue weighted by Crippen LogP contribution is 2.28. The fraction of sp³-hybridized carbons (Fsp3) is 0.667. The number of anilines is 2. The highest BCUT2D eigenvalue weighted by molar-refractivity contribution is 5.90. The quantitative estimate of drug-likeness (QED) is 0.791. The van der Waals surface area contributed by atoms with Crippen molar-refractivity contribution < 1.29 is 4.79 Å². The summed E-state index contributed by atoms with van der Waals surface area (Å²) in [5.41, 5.74) is 0.677. The summed E-state index contributed by atoms with van der Waals surface area (Å²) in [7, 11) is 0. The van der Waals surface area contributed by atoms with Gasteiger partial charge in [-0.25, -0.2) is 9.97 Å². The lowest BCUT2D eigenvalue weighted by Crippen LogP contribution is -2.34. The van der Waals surface area contributed by atoms with Crippen molar-refractivity contribution in [2.75, 3.05) is 36.0 Å². The molecular weight excluding hydrogens is 252 g/mol. The third-order valence-electron chi connectivity index (χ3n) is 4.27. The molecule has 20 heavy (non-hydrogen) atoms. The molecule has 3 heterocycles. The molecule has 0 spiro atoms. The molecule has 108 valence electrons. The molecule has 0 radical (unpaired) electrons. The molecule has 0 atom stereocenters. The number of carbonyl (C=O) groups is 1. The molecule has 2 aliphatic heterocycles. The van der Waals surface area contributed by atoms with Crippen molar-refractivity contribution in [3.63, 3.8) is 0 Å². The van der Waals surface area contributed by atoms with Gasteiger partial charge in [0.05, 0.1) is 5.56 Å². The number of aromatic nitrogens is 2. The molecule has 5 nitrogen and oxygen atoms in total. The zero-order valence-electron chi connectivity index (χ0n) is 11.9. The van der Waals surface area contributed by atoms with Crippen molar-refractivity contribution in [1.29, 1.82) is 0 Å². The van der Waals surface area contributed by atoms with Crippen molar-refractivity contribution in [2.45, 2.75) is 38.5 Å².